The molecular formula is C32H30N4O4S. The Labute approximate surface area is 244 Å². The number of pyridine rings is 1. The van der Waals surface area contributed by atoms with E-state index < -0.39 is 11.9 Å². The van der Waals surface area contributed by atoms with Crippen LogP contribution in [0.3, 0.4) is 0 Å². The molecule has 2 N–H and O–H groups in total. The zero-order valence-electron chi connectivity index (χ0n) is 23.4. The first-order valence-electron chi connectivity index (χ1n) is 13.0. The zero-order chi connectivity index (χ0) is 29.5. The Morgan fingerprint density at radius 3 is 2.39 bits per heavy atom. The summed E-state index contributed by atoms with van der Waals surface area (Å²) in [5.41, 5.74) is 11.3. The van der Waals surface area contributed by atoms with Gasteiger partial charge in [-0.15, -0.1) is 0 Å². The molecule has 0 unspecified atom stereocenters. The Kier molecular flexibility index (Phi) is 9.34. The number of hydrogen-bond donors (Lipinski definition) is 1. The summed E-state index contributed by atoms with van der Waals surface area (Å²) >= 11 is 1.26. The van der Waals surface area contributed by atoms with Crippen LogP contribution in [0.2, 0.25) is 0 Å². The number of thioether (sulfide) groups is 1. The number of esters is 1. The molecule has 208 valence electrons. The summed E-state index contributed by atoms with van der Waals surface area (Å²) in [6.45, 7) is 7.95. The Balaban J connectivity index is 1.70. The predicted octanol–water partition coefficient (Wildman–Crippen LogP) is 5.87. The van der Waals surface area contributed by atoms with Gasteiger partial charge in [0.25, 0.3) is 0 Å². The van der Waals surface area contributed by atoms with Gasteiger partial charge in [-0.05, 0) is 62.1 Å². The number of carbonyl (C=O) groups is 1. The van der Waals surface area contributed by atoms with Crippen molar-refractivity contribution in [2.75, 3.05) is 12.4 Å². The fraction of sp³-hybridized carbons (Fsp3) is 0.250. The molecule has 1 aromatic heterocycles. The monoisotopic (exact) mass is 566 g/mol. The van der Waals surface area contributed by atoms with Crippen LogP contribution in [0.1, 0.15) is 46.4 Å². The molecule has 0 fully saturated rings. The fourth-order valence-electron chi connectivity index (χ4n) is 4.47. The van der Waals surface area contributed by atoms with Crippen LogP contribution in [-0.2, 0) is 20.9 Å². The number of allylic oxidation sites excluding steroid dienone is 1. The van der Waals surface area contributed by atoms with Gasteiger partial charge in [0.2, 0.25) is 5.88 Å². The van der Waals surface area contributed by atoms with Crippen LogP contribution in [0.15, 0.2) is 82.4 Å². The average molecular weight is 567 g/mol. The van der Waals surface area contributed by atoms with Crippen molar-refractivity contribution < 1.29 is 19.0 Å². The van der Waals surface area contributed by atoms with Gasteiger partial charge < -0.3 is 19.9 Å². The van der Waals surface area contributed by atoms with Crippen LogP contribution >= 0.6 is 11.8 Å². The maximum atomic E-state index is 13.3. The summed E-state index contributed by atoms with van der Waals surface area (Å²) in [4.78, 5) is 17.9. The van der Waals surface area contributed by atoms with Gasteiger partial charge in [0, 0.05) is 5.69 Å². The van der Waals surface area contributed by atoms with Crippen molar-refractivity contribution in [2.24, 2.45) is 5.73 Å². The number of aryl methyl sites for hydroxylation is 1. The first-order valence-corrected chi connectivity index (χ1v) is 14.0. The summed E-state index contributed by atoms with van der Waals surface area (Å²) < 4.78 is 17.2. The minimum atomic E-state index is -0.809. The molecule has 0 spiro atoms. The van der Waals surface area contributed by atoms with Crippen molar-refractivity contribution in [3.8, 4) is 17.9 Å². The molecule has 0 bridgehead atoms. The molecule has 8 nitrogen and oxygen atoms in total. The highest BCUT2D eigenvalue weighted by atomic mass is 32.2. The van der Waals surface area contributed by atoms with E-state index in [0.717, 1.165) is 22.4 Å². The Morgan fingerprint density at radius 1 is 1.05 bits per heavy atom. The molecule has 1 atom stereocenters. The molecule has 4 rings (SSSR count). The van der Waals surface area contributed by atoms with Gasteiger partial charge in [0.05, 0.1) is 29.4 Å². The maximum Gasteiger partial charge on any atom is 0.338 e. The number of carbonyl (C=O) groups excluding carboxylic acids is 1. The summed E-state index contributed by atoms with van der Waals surface area (Å²) in [7, 11) is 0. The average Bonchev–Trinajstić information content (AvgIpc) is 2.98. The van der Waals surface area contributed by atoms with Crippen LogP contribution in [-0.4, -0.2) is 23.3 Å². The van der Waals surface area contributed by atoms with E-state index in [-0.39, 0.29) is 35.1 Å². The van der Waals surface area contributed by atoms with E-state index in [1.807, 2.05) is 51.1 Å². The molecule has 0 aliphatic carbocycles. The summed E-state index contributed by atoms with van der Waals surface area (Å²) in [6, 6.07) is 21.3. The molecule has 1 aliphatic heterocycles. The van der Waals surface area contributed by atoms with E-state index in [2.05, 4.69) is 17.1 Å². The van der Waals surface area contributed by atoms with Gasteiger partial charge in [-0.3, -0.25) is 0 Å². The van der Waals surface area contributed by atoms with Crippen molar-refractivity contribution in [2.45, 2.75) is 45.2 Å². The third-order valence-electron chi connectivity index (χ3n) is 6.87. The number of hydrogen-bond acceptors (Lipinski definition) is 9. The lowest BCUT2D eigenvalue weighted by Gasteiger charge is -2.28. The second-order valence-electron chi connectivity index (χ2n) is 9.35. The third kappa shape index (κ3) is 6.37. The van der Waals surface area contributed by atoms with Gasteiger partial charge in [0.15, 0.2) is 0 Å². The first kappa shape index (κ1) is 29.3. The predicted molar refractivity (Wildman–Crippen MR) is 155 cm³/mol. The summed E-state index contributed by atoms with van der Waals surface area (Å²) in [5.74, 6) is -0.473. The second-order valence-corrected chi connectivity index (χ2v) is 10.3. The van der Waals surface area contributed by atoms with E-state index in [9.17, 15) is 15.3 Å². The van der Waals surface area contributed by atoms with Crippen molar-refractivity contribution in [1.82, 2.24) is 4.98 Å². The number of rotatable bonds is 9. The standard InChI is InChI=1S/C32H30N4O4S/c1-5-38-32(37)29-27(18-41-31-25(15-33)20(3)19(2)21(4)36-31)40-30(35)26(16-34)28(29)23-11-13-24(14-12-23)39-17-22-9-7-6-8-10-22/h6-14,28H,5,17-18,35H2,1-4H3/t28-/m1/s1. The zero-order valence-corrected chi connectivity index (χ0v) is 24.2. The summed E-state index contributed by atoms with van der Waals surface area (Å²) in [5, 5.41) is 20.3. The van der Waals surface area contributed by atoms with Gasteiger partial charge in [-0.2, -0.15) is 10.5 Å². The lowest BCUT2D eigenvalue weighted by atomic mass is 9.83. The molecule has 2 heterocycles. The molecule has 1 aliphatic rings. The minimum absolute atomic E-state index is 0.0877. The number of nitrogens with zero attached hydrogens (tertiary/aromatic N) is 3. The van der Waals surface area contributed by atoms with Gasteiger partial charge in [0.1, 0.15) is 40.9 Å². The molecule has 9 heteroatoms. The van der Waals surface area contributed by atoms with Gasteiger partial charge >= 0.3 is 5.97 Å². The smallest absolute Gasteiger partial charge is 0.338 e. The third-order valence-corrected chi connectivity index (χ3v) is 7.84. The Morgan fingerprint density at radius 2 is 1.76 bits per heavy atom. The Hall–Kier alpha value is -4.73. The minimum Gasteiger partial charge on any atom is -0.489 e. The van der Waals surface area contributed by atoms with E-state index >= 15 is 0 Å². The van der Waals surface area contributed by atoms with Crippen molar-refractivity contribution in [3.05, 3.63) is 111 Å². The number of nitriles is 2. The topological polar surface area (TPSA) is 131 Å². The van der Waals surface area contributed by atoms with Crippen molar-refractivity contribution in [3.63, 3.8) is 0 Å². The SMILES string of the molecule is CCOC(=O)C1=C(CSc2nc(C)c(C)c(C)c2C#N)OC(N)=C(C#N)[C@H]1c1ccc(OCc2ccccc2)cc1. The van der Waals surface area contributed by atoms with E-state index in [1.165, 1.54) is 11.8 Å². The van der Waals surface area contributed by atoms with Gasteiger partial charge in [-0.1, -0.05) is 54.2 Å². The number of ether oxygens (including phenoxy) is 3. The molecule has 2 aromatic carbocycles. The molecule has 0 amide bonds. The highest BCUT2D eigenvalue weighted by Gasteiger charge is 2.37. The molecular weight excluding hydrogens is 536 g/mol. The first-order chi connectivity index (χ1) is 19.8. The molecule has 41 heavy (non-hydrogen) atoms. The number of nitrogens with two attached hydrogens (primary N) is 1. The Bertz CT molecular complexity index is 1600. The lowest BCUT2D eigenvalue weighted by molar-refractivity contribution is -0.139. The second kappa shape index (κ2) is 13.1. The van der Waals surface area contributed by atoms with Crippen LogP contribution in [0.5, 0.6) is 5.75 Å². The van der Waals surface area contributed by atoms with Crippen LogP contribution in [0.4, 0.5) is 0 Å². The molecule has 0 radical (unpaired) electrons. The highest BCUT2D eigenvalue weighted by molar-refractivity contribution is 7.99. The van der Waals surface area contributed by atoms with E-state index in [4.69, 9.17) is 19.9 Å². The fourth-order valence-corrected chi connectivity index (χ4v) is 5.50. The number of aromatic nitrogens is 1. The van der Waals surface area contributed by atoms with E-state index in [0.29, 0.717) is 28.5 Å². The normalized spacial score (nSPS) is 14.6. The van der Waals surface area contributed by atoms with Gasteiger partial charge in [-0.25, -0.2) is 9.78 Å². The van der Waals surface area contributed by atoms with Crippen LogP contribution < -0.4 is 10.5 Å². The lowest BCUT2D eigenvalue weighted by Crippen LogP contribution is -2.27. The van der Waals surface area contributed by atoms with Crippen LogP contribution in [0.25, 0.3) is 0 Å². The largest absolute Gasteiger partial charge is 0.489 e. The van der Waals surface area contributed by atoms with Crippen molar-refractivity contribution >= 4 is 17.7 Å². The number of benzene rings is 2. The van der Waals surface area contributed by atoms with Crippen molar-refractivity contribution in [1.29, 1.82) is 10.5 Å². The van der Waals surface area contributed by atoms with E-state index in [1.54, 1.807) is 31.2 Å². The van der Waals surface area contributed by atoms with Crippen LogP contribution in [0, 0.1) is 43.4 Å². The maximum absolute atomic E-state index is 13.3. The molecule has 3 aromatic rings. The highest BCUT2D eigenvalue weighted by Crippen LogP contribution is 2.42. The molecule has 0 saturated heterocycles. The summed E-state index contributed by atoms with van der Waals surface area (Å²) in [6.07, 6.45) is 0. The quantitative estimate of drug-likeness (QED) is 0.249. The molecule has 0 saturated carbocycles.